The highest BCUT2D eigenvalue weighted by molar-refractivity contribution is 7.89. The minimum atomic E-state index is -3.66. The minimum Gasteiger partial charge on any atom is -0.494 e. The molecule has 0 atom stereocenters. The number of nitriles is 1. The largest absolute Gasteiger partial charge is 0.494 e. The lowest BCUT2D eigenvalue weighted by Crippen LogP contribution is -2.47. The molecule has 3 aromatic rings. The Labute approximate surface area is 185 Å². The molecule has 1 fully saturated rings. The van der Waals surface area contributed by atoms with Crippen LogP contribution >= 0.6 is 0 Å². The number of aromatic hydroxyl groups is 1. The molecule has 1 aliphatic rings. The third kappa shape index (κ3) is 4.03. The van der Waals surface area contributed by atoms with Gasteiger partial charge in [-0.1, -0.05) is 0 Å². The van der Waals surface area contributed by atoms with Gasteiger partial charge in [0.1, 0.15) is 11.4 Å². The number of fused-ring (bicyclic) bond motifs is 1. The summed E-state index contributed by atoms with van der Waals surface area (Å²) in [6.07, 6.45) is 1.28. The van der Waals surface area contributed by atoms with E-state index in [-0.39, 0.29) is 17.3 Å². The zero-order chi connectivity index (χ0) is 22.9. The highest BCUT2D eigenvalue weighted by Gasteiger charge is 2.28. The second-order valence-corrected chi connectivity index (χ2v) is 9.47. The van der Waals surface area contributed by atoms with Gasteiger partial charge in [-0.2, -0.15) is 9.57 Å². The summed E-state index contributed by atoms with van der Waals surface area (Å²) in [6.45, 7) is 2.05. The number of carbonyl (C=O) groups excluding carboxylic acids is 1. The molecule has 1 amide bonds. The predicted molar refractivity (Wildman–Crippen MR) is 117 cm³/mol. The van der Waals surface area contributed by atoms with Gasteiger partial charge in [0.05, 0.1) is 17.3 Å². The molecule has 0 bridgehead atoms. The van der Waals surface area contributed by atoms with E-state index in [1.165, 1.54) is 22.6 Å². The van der Waals surface area contributed by atoms with Crippen LogP contribution in [0.15, 0.2) is 41.4 Å². The minimum absolute atomic E-state index is 0.0849. The Kier molecular flexibility index (Phi) is 5.84. The van der Waals surface area contributed by atoms with Crippen molar-refractivity contribution in [1.82, 2.24) is 24.5 Å². The fourth-order valence-corrected chi connectivity index (χ4v) is 5.03. The number of rotatable bonds is 5. The lowest BCUT2D eigenvalue weighted by atomic mass is 10.1. The molecule has 0 aliphatic carbocycles. The molecule has 0 spiro atoms. The number of nitrogens with zero attached hydrogens (tertiary/aromatic N) is 4. The predicted octanol–water partition coefficient (Wildman–Crippen LogP) is 1.12. The number of H-pyrrole nitrogens is 1. The third-order valence-corrected chi connectivity index (χ3v) is 7.34. The summed E-state index contributed by atoms with van der Waals surface area (Å²) in [6, 6.07) is 9.66. The molecule has 0 saturated carbocycles. The summed E-state index contributed by atoms with van der Waals surface area (Å²) in [7, 11) is -1.70. The first kappa shape index (κ1) is 21.8. The van der Waals surface area contributed by atoms with Gasteiger partial charge in [-0.15, -0.1) is 0 Å². The summed E-state index contributed by atoms with van der Waals surface area (Å²) >= 11 is 0. The van der Waals surface area contributed by atoms with Crippen molar-refractivity contribution >= 4 is 26.8 Å². The Morgan fingerprint density at radius 1 is 1.25 bits per heavy atom. The van der Waals surface area contributed by atoms with E-state index in [0.717, 1.165) is 0 Å². The van der Waals surface area contributed by atoms with Gasteiger partial charge >= 0.3 is 0 Å². The molecule has 1 saturated heterocycles. The molecule has 1 aliphatic heterocycles. The Morgan fingerprint density at radius 3 is 2.66 bits per heavy atom. The summed E-state index contributed by atoms with van der Waals surface area (Å²) in [5.41, 5.74) is 1.63. The number of sulfonamides is 1. The summed E-state index contributed by atoms with van der Waals surface area (Å²) in [5, 5.41) is 22.1. The Balaban J connectivity index is 1.66. The molecule has 0 unspecified atom stereocenters. The second kappa shape index (κ2) is 8.58. The molecule has 32 heavy (non-hydrogen) atoms. The summed E-state index contributed by atoms with van der Waals surface area (Å²) < 4.78 is 27.3. The van der Waals surface area contributed by atoms with Crippen LogP contribution in [0.3, 0.4) is 0 Å². The van der Waals surface area contributed by atoms with Crippen LogP contribution in [0, 0.1) is 11.3 Å². The Hall–Kier alpha value is -3.46. The number of piperazine rings is 1. The van der Waals surface area contributed by atoms with Crippen LogP contribution in [0.2, 0.25) is 0 Å². The lowest BCUT2D eigenvalue weighted by molar-refractivity contribution is 0.0958. The maximum absolute atomic E-state index is 12.9. The standard InChI is InChI=1S/C21H22N6O4S/c1-26-8-10-27(11-9-26)32(30,31)15-3-5-18(24-13-15)19-16-12-14(20(28)23-7-6-22)2-4-17(16)25-21(19)29/h2-5,12-13,25,29H,7-11H2,1H3,(H,23,28). The summed E-state index contributed by atoms with van der Waals surface area (Å²) in [4.78, 5) is 21.5. The normalized spacial score (nSPS) is 15.5. The van der Waals surface area contributed by atoms with Crippen molar-refractivity contribution in [2.45, 2.75) is 4.90 Å². The van der Waals surface area contributed by atoms with Gasteiger partial charge in [-0.3, -0.25) is 9.78 Å². The fourth-order valence-electron chi connectivity index (χ4n) is 3.66. The molecule has 1 aromatic carbocycles. The van der Waals surface area contributed by atoms with Crippen molar-refractivity contribution in [3.8, 4) is 23.2 Å². The fraction of sp³-hybridized carbons (Fsp3) is 0.286. The van der Waals surface area contributed by atoms with Crippen LogP contribution in [0.5, 0.6) is 5.88 Å². The van der Waals surface area contributed by atoms with Gasteiger partial charge in [0.15, 0.2) is 5.88 Å². The number of amides is 1. The molecule has 2 aromatic heterocycles. The van der Waals surface area contributed by atoms with E-state index in [0.29, 0.717) is 53.9 Å². The molecule has 3 N–H and O–H groups in total. The van der Waals surface area contributed by atoms with E-state index < -0.39 is 15.9 Å². The van der Waals surface area contributed by atoms with E-state index >= 15 is 0 Å². The number of pyridine rings is 1. The molecular weight excluding hydrogens is 432 g/mol. The van der Waals surface area contributed by atoms with E-state index in [4.69, 9.17) is 5.26 Å². The average molecular weight is 455 g/mol. The van der Waals surface area contributed by atoms with Crippen molar-refractivity contribution in [3.05, 3.63) is 42.1 Å². The lowest BCUT2D eigenvalue weighted by Gasteiger charge is -2.31. The van der Waals surface area contributed by atoms with Crippen LogP contribution in [0.1, 0.15) is 10.4 Å². The molecule has 4 rings (SSSR count). The van der Waals surface area contributed by atoms with Crippen molar-refractivity contribution in [2.24, 2.45) is 0 Å². The zero-order valence-corrected chi connectivity index (χ0v) is 18.2. The van der Waals surface area contributed by atoms with Crippen molar-refractivity contribution in [3.63, 3.8) is 0 Å². The number of aromatic nitrogens is 2. The number of likely N-dealkylation sites (N-methyl/N-ethyl adjacent to an activating group) is 1. The topological polar surface area (TPSA) is 142 Å². The zero-order valence-electron chi connectivity index (χ0n) is 17.4. The van der Waals surface area contributed by atoms with Gasteiger partial charge in [0, 0.05) is 48.8 Å². The average Bonchev–Trinajstić information content (AvgIpc) is 3.12. The van der Waals surface area contributed by atoms with Crippen LogP contribution in [-0.4, -0.2) is 78.4 Å². The van der Waals surface area contributed by atoms with Gasteiger partial charge in [-0.05, 0) is 37.4 Å². The van der Waals surface area contributed by atoms with Crippen LogP contribution in [0.4, 0.5) is 0 Å². The molecule has 0 radical (unpaired) electrons. The number of carbonyl (C=O) groups is 1. The number of aromatic amines is 1. The third-order valence-electron chi connectivity index (χ3n) is 5.46. The summed E-state index contributed by atoms with van der Waals surface area (Å²) in [5.74, 6) is -0.557. The number of nitrogens with one attached hydrogen (secondary N) is 2. The van der Waals surface area contributed by atoms with Gasteiger partial charge < -0.3 is 20.3 Å². The van der Waals surface area contributed by atoms with E-state index in [9.17, 15) is 18.3 Å². The van der Waals surface area contributed by atoms with Gasteiger partial charge in [0.2, 0.25) is 10.0 Å². The smallest absolute Gasteiger partial charge is 0.252 e. The molecular formula is C21H22N6O4S. The SMILES string of the molecule is CN1CCN(S(=O)(=O)c2ccc(-c3c(O)[nH]c4ccc(C(=O)NCC#N)cc34)nc2)CC1. The van der Waals surface area contributed by atoms with Crippen molar-refractivity contribution < 1.29 is 18.3 Å². The molecule has 10 nitrogen and oxygen atoms in total. The number of hydrogen-bond acceptors (Lipinski definition) is 7. The first-order valence-corrected chi connectivity index (χ1v) is 11.4. The number of benzene rings is 1. The van der Waals surface area contributed by atoms with Crippen molar-refractivity contribution in [1.29, 1.82) is 5.26 Å². The van der Waals surface area contributed by atoms with Crippen molar-refractivity contribution in [2.75, 3.05) is 39.8 Å². The first-order chi connectivity index (χ1) is 15.3. The monoisotopic (exact) mass is 454 g/mol. The highest BCUT2D eigenvalue weighted by atomic mass is 32.2. The van der Waals surface area contributed by atoms with E-state index in [1.807, 2.05) is 13.1 Å². The quantitative estimate of drug-likeness (QED) is 0.490. The molecule has 3 heterocycles. The van der Waals surface area contributed by atoms with E-state index in [2.05, 4.69) is 20.2 Å². The maximum atomic E-state index is 12.9. The Bertz CT molecular complexity index is 1300. The molecule has 11 heteroatoms. The van der Waals surface area contributed by atoms with Gasteiger partial charge in [0.25, 0.3) is 5.91 Å². The van der Waals surface area contributed by atoms with E-state index in [1.54, 1.807) is 18.2 Å². The number of hydrogen-bond donors (Lipinski definition) is 3. The van der Waals surface area contributed by atoms with Crippen LogP contribution < -0.4 is 5.32 Å². The molecule has 166 valence electrons. The highest BCUT2D eigenvalue weighted by Crippen LogP contribution is 2.36. The van der Waals surface area contributed by atoms with Gasteiger partial charge in [-0.25, -0.2) is 8.42 Å². The Morgan fingerprint density at radius 2 is 2.00 bits per heavy atom. The van der Waals surface area contributed by atoms with Crippen LogP contribution in [0.25, 0.3) is 22.2 Å². The second-order valence-electron chi connectivity index (χ2n) is 7.54. The first-order valence-electron chi connectivity index (χ1n) is 9.96. The van der Waals surface area contributed by atoms with Crippen LogP contribution in [-0.2, 0) is 10.0 Å². The maximum Gasteiger partial charge on any atom is 0.252 e.